The summed E-state index contributed by atoms with van der Waals surface area (Å²) in [4.78, 5) is 5.02. The maximum atomic E-state index is 6.18. The highest BCUT2D eigenvalue weighted by molar-refractivity contribution is 6.43. The van der Waals surface area contributed by atoms with Crippen molar-refractivity contribution in [3.8, 4) is 5.75 Å². The Kier molecular flexibility index (Phi) is 3.55. The lowest BCUT2D eigenvalue weighted by Crippen LogP contribution is -2.39. The molecule has 1 atom stereocenters. The molecule has 0 aromatic heterocycles. The lowest BCUT2D eigenvalue weighted by atomic mass is 9.90. The van der Waals surface area contributed by atoms with Gasteiger partial charge in [-0.3, -0.25) is 0 Å². The van der Waals surface area contributed by atoms with Crippen molar-refractivity contribution < 1.29 is 9.57 Å². The summed E-state index contributed by atoms with van der Waals surface area (Å²) in [5, 5.41) is 0.958. The lowest BCUT2D eigenvalue weighted by molar-refractivity contribution is 0.00305. The van der Waals surface area contributed by atoms with E-state index in [-0.39, 0.29) is 11.6 Å². The molecule has 1 aliphatic rings. The fourth-order valence-corrected chi connectivity index (χ4v) is 2.45. The zero-order chi connectivity index (χ0) is 12.6. The van der Waals surface area contributed by atoms with Crippen LogP contribution in [0.25, 0.3) is 0 Å². The number of halogens is 2. The van der Waals surface area contributed by atoms with Gasteiger partial charge < -0.3 is 9.57 Å². The predicted octanol–water partition coefficient (Wildman–Crippen LogP) is 3.75. The van der Waals surface area contributed by atoms with E-state index in [0.717, 1.165) is 12.0 Å². The van der Waals surface area contributed by atoms with Crippen molar-refractivity contribution in [3.05, 3.63) is 27.7 Å². The standard InChI is InChI=1S/C12H15Cl2NO2/c1-12(2)6-9(15-16-3)7-4-5-8(13)10(14)11(7)17-12/h4-5,9,15H,6H2,1-3H3. The lowest BCUT2D eigenvalue weighted by Gasteiger charge is -2.38. The summed E-state index contributed by atoms with van der Waals surface area (Å²) in [6.07, 6.45) is 0.797. The Bertz CT molecular complexity index is 435. The third-order valence-corrected chi connectivity index (χ3v) is 3.58. The van der Waals surface area contributed by atoms with Crippen molar-refractivity contribution in [2.45, 2.75) is 31.9 Å². The maximum absolute atomic E-state index is 6.18. The van der Waals surface area contributed by atoms with E-state index in [2.05, 4.69) is 5.48 Å². The number of hydrogen-bond donors (Lipinski definition) is 1. The van der Waals surface area contributed by atoms with Crippen LogP contribution in [0, 0.1) is 0 Å². The van der Waals surface area contributed by atoms with Crippen molar-refractivity contribution in [1.29, 1.82) is 0 Å². The molecule has 94 valence electrons. The fourth-order valence-electron chi connectivity index (χ4n) is 2.09. The number of nitrogens with one attached hydrogen (secondary N) is 1. The average molecular weight is 276 g/mol. The number of hydroxylamine groups is 1. The van der Waals surface area contributed by atoms with E-state index < -0.39 is 0 Å². The highest BCUT2D eigenvalue weighted by atomic mass is 35.5. The second-order valence-electron chi connectivity index (χ2n) is 4.72. The van der Waals surface area contributed by atoms with E-state index in [1.54, 1.807) is 13.2 Å². The van der Waals surface area contributed by atoms with Crippen LogP contribution in [0.3, 0.4) is 0 Å². The molecule has 0 amide bonds. The summed E-state index contributed by atoms with van der Waals surface area (Å²) >= 11 is 12.2. The molecule has 1 aromatic rings. The van der Waals surface area contributed by atoms with Crippen LogP contribution in [0.5, 0.6) is 5.75 Å². The number of fused-ring (bicyclic) bond motifs is 1. The molecule has 0 spiro atoms. The van der Waals surface area contributed by atoms with Gasteiger partial charge in [-0.2, -0.15) is 5.48 Å². The molecule has 1 unspecified atom stereocenters. The molecule has 0 radical (unpaired) electrons. The molecule has 1 aromatic carbocycles. The van der Waals surface area contributed by atoms with Gasteiger partial charge in [-0.15, -0.1) is 0 Å². The van der Waals surface area contributed by atoms with Gasteiger partial charge in [0.1, 0.15) is 16.4 Å². The van der Waals surface area contributed by atoms with Gasteiger partial charge in [0.15, 0.2) is 0 Å². The molecule has 5 heteroatoms. The Morgan fingerprint density at radius 3 is 2.76 bits per heavy atom. The Morgan fingerprint density at radius 1 is 1.41 bits per heavy atom. The van der Waals surface area contributed by atoms with Gasteiger partial charge in [0.2, 0.25) is 0 Å². The largest absolute Gasteiger partial charge is 0.486 e. The van der Waals surface area contributed by atoms with Gasteiger partial charge in [-0.1, -0.05) is 29.3 Å². The van der Waals surface area contributed by atoms with Gasteiger partial charge in [-0.25, -0.2) is 0 Å². The van der Waals surface area contributed by atoms with Gasteiger partial charge in [0.25, 0.3) is 0 Å². The summed E-state index contributed by atoms with van der Waals surface area (Å²) in [5.74, 6) is 0.643. The van der Waals surface area contributed by atoms with E-state index in [0.29, 0.717) is 15.8 Å². The first-order chi connectivity index (χ1) is 7.94. The number of hydrogen-bond acceptors (Lipinski definition) is 3. The molecule has 2 rings (SSSR count). The third-order valence-electron chi connectivity index (χ3n) is 2.79. The smallest absolute Gasteiger partial charge is 0.145 e. The Balaban J connectivity index is 2.48. The molecule has 0 fully saturated rings. The van der Waals surface area contributed by atoms with Crippen molar-refractivity contribution in [2.24, 2.45) is 0 Å². The van der Waals surface area contributed by atoms with Gasteiger partial charge >= 0.3 is 0 Å². The summed E-state index contributed by atoms with van der Waals surface area (Å²) in [6, 6.07) is 3.73. The molecule has 0 bridgehead atoms. The molecule has 0 saturated heterocycles. The zero-order valence-corrected chi connectivity index (χ0v) is 11.5. The minimum Gasteiger partial charge on any atom is -0.486 e. The quantitative estimate of drug-likeness (QED) is 0.834. The molecule has 0 aliphatic carbocycles. The molecule has 17 heavy (non-hydrogen) atoms. The third kappa shape index (κ3) is 2.52. The maximum Gasteiger partial charge on any atom is 0.145 e. The second-order valence-corrected chi connectivity index (χ2v) is 5.51. The SMILES string of the molecule is CONC1CC(C)(C)Oc2c1ccc(Cl)c2Cl. The summed E-state index contributed by atoms with van der Waals surface area (Å²) in [5.41, 5.74) is 3.63. The number of benzene rings is 1. The van der Waals surface area contributed by atoms with Crippen LogP contribution in [-0.2, 0) is 4.84 Å². The van der Waals surface area contributed by atoms with Crippen molar-refractivity contribution in [1.82, 2.24) is 5.48 Å². The molecule has 0 saturated carbocycles. The van der Waals surface area contributed by atoms with Gasteiger partial charge in [-0.05, 0) is 19.9 Å². The highest BCUT2D eigenvalue weighted by Gasteiger charge is 2.35. The van der Waals surface area contributed by atoms with Crippen LogP contribution < -0.4 is 10.2 Å². The molecule has 1 aliphatic heterocycles. The van der Waals surface area contributed by atoms with Crippen molar-refractivity contribution in [2.75, 3.05) is 7.11 Å². The average Bonchev–Trinajstić information content (AvgIpc) is 2.23. The monoisotopic (exact) mass is 275 g/mol. The summed E-state index contributed by atoms with van der Waals surface area (Å²) in [7, 11) is 1.60. The number of rotatable bonds is 2. The van der Waals surface area contributed by atoms with Crippen molar-refractivity contribution >= 4 is 23.2 Å². The van der Waals surface area contributed by atoms with E-state index >= 15 is 0 Å². The highest BCUT2D eigenvalue weighted by Crippen LogP contribution is 2.45. The number of ether oxygens (including phenoxy) is 1. The summed E-state index contributed by atoms with van der Waals surface area (Å²) in [6.45, 7) is 4.02. The molecular weight excluding hydrogens is 261 g/mol. The fraction of sp³-hybridized carbons (Fsp3) is 0.500. The molecule has 1 heterocycles. The minimum atomic E-state index is -0.308. The van der Waals surface area contributed by atoms with Crippen LogP contribution in [0.1, 0.15) is 31.9 Å². The van der Waals surface area contributed by atoms with Crippen LogP contribution in [0.15, 0.2) is 12.1 Å². The first-order valence-electron chi connectivity index (χ1n) is 5.40. The van der Waals surface area contributed by atoms with Crippen LogP contribution in [-0.4, -0.2) is 12.7 Å². The Hall–Kier alpha value is -0.480. The molecule has 1 N–H and O–H groups in total. The normalized spacial score (nSPS) is 21.8. The first-order valence-corrected chi connectivity index (χ1v) is 6.15. The van der Waals surface area contributed by atoms with Gasteiger partial charge in [0, 0.05) is 12.0 Å². The van der Waals surface area contributed by atoms with Crippen molar-refractivity contribution in [3.63, 3.8) is 0 Å². The van der Waals surface area contributed by atoms with Crippen LogP contribution >= 0.6 is 23.2 Å². The minimum absolute atomic E-state index is 0.0496. The Labute approximate surface area is 111 Å². The van der Waals surface area contributed by atoms with E-state index in [9.17, 15) is 0 Å². The van der Waals surface area contributed by atoms with Crippen LogP contribution in [0.2, 0.25) is 10.0 Å². The second kappa shape index (κ2) is 4.65. The van der Waals surface area contributed by atoms with Gasteiger partial charge in [0.05, 0.1) is 18.2 Å². The zero-order valence-electron chi connectivity index (χ0n) is 10.0. The predicted molar refractivity (Wildman–Crippen MR) is 68.7 cm³/mol. The topological polar surface area (TPSA) is 30.5 Å². The van der Waals surface area contributed by atoms with E-state index in [1.165, 1.54) is 0 Å². The summed E-state index contributed by atoms with van der Waals surface area (Å²) < 4.78 is 5.90. The van der Waals surface area contributed by atoms with Crippen LogP contribution in [0.4, 0.5) is 0 Å². The van der Waals surface area contributed by atoms with E-state index in [1.807, 2.05) is 19.9 Å². The first kappa shape index (κ1) is 13.0. The van der Waals surface area contributed by atoms with E-state index in [4.69, 9.17) is 32.8 Å². The Morgan fingerprint density at radius 2 is 2.12 bits per heavy atom. The molecule has 3 nitrogen and oxygen atoms in total. The molecular formula is C12H15Cl2NO2.